The van der Waals surface area contributed by atoms with Gasteiger partial charge in [0.25, 0.3) is 5.91 Å². The van der Waals surface area contributed by atoms with Crippen LogP contribution in [0.4, 0.5) is 5.69 Å². The van der Waals surface area contributed by atoms with E-state index in [0.717, 1.165) is 38.4 Å². The fourth-order valence-corrected chi connectivity index (χ4v) is 4.08. The molecule has 0 saturated carbocycles. The number of rotatable bonds is 4. The number of anilines is 1. The summed E-state index contributed by atoms with van der Waals surface area (Å²) in [7, 11) is 0. The summed E-state index contributed by atoms with van der Waals surface area (Å²) in [5.41, 5.74) is 1.24. The van der Waals surface area contributed by atoms with E-state index >= 15 is 0 Å². The van der Waals surface area contributed by atoms with Crippen LogP contribution in [0.15, 0.2) is 60.7 Å². The van der Waals surface area contributed by atoms with Gasteiger partial charge in [-0.05, 0) is 30.7 Å². The Bertz CT molecular complexity index is 738. The molecule has 0 aromatic heterocycles. The van der Waals surface area contributed by atoms with Gasteiger partial charge in [-0.15, -0.1) is 0 Å². The largest absolute Gasteiger partial charge is 0.484 e. The van der Waals surface area contributed by atoms with Crippen molar-refractivity contribution < 1.29 is 14.3 Å². The maximum atomic E-state index is 12.6. The van der Waals surface area contributed by atoms with Crippen LogP contribution < -0.4 is 9.64 Å². The first-order valence-electron chi connectivity index (χ1n) is 9.66. The van der Waals surface area contributed by atoms with Gasteiger partial charge in [0.15, 0.2) is 6.61 Å². The fourth-order valence-electron chi connectivity index (χ4n) is 4.08. The molecule has 0 radical (unpaired) electrons. The molecule has 0 unspecified atom stereocenters. The normalized spacial score (nSPS) is 22.7. The summed E-state index contributed by atoms with van der Waals surface area (Å²) in [6.45, 7) is 3.91. The minimum Gasteiger partial charge on any atom is -0.484 e. The molecule has 0 spiro atoms. The summed E-state index contributed by atoms with van der Waals surface area (Å²) < 4.78 is 11.5. The van der Waals surface area contributed by atoms with Crippen LogP contribution in [0.2, 0.25) is 0 Å². The van der Waals surface area contributed by atoms with Crippen LogP contribution >= 0.6 is 0 Å². The molecule has 2 fully saturated rings. The number of carbonyl (C=O) groups is 1. The van der Waals surface area contributed by atoms with Gasteiger partial charge >= 0.3 is 0 Å². The van der Waals surface area contributed by atoms with Gasteiger partial charge in [0, 0.05) is 37.3 Å². The standard InChI is InChI=1S/C22H26N2O3/c25-22(17-27-20-9-5-2-6-10-20)23-12-11-21-18(15-23)16-26-14-13-24(21)19-7-3-1-4-8-19/h1-10,18,21H,11-17H2/t18-,21+/m1/s1. The molecule has 0 N–H and O–H groups in total. The molecule has 2 atom stereocenters. The van der Waals surface area contributed by atoms with Gasteiger partial charge in [-0.3, -0.25) is 4.79 Å². The van der Waals surface area contributed by atoms with Crippen LogP contribution in [0.1, 0.15) is 6.42 Å². The van der Waals surface area contributed by atoms with E-state index in [4.69, 9.17) is 9.47 Å². The van der Waals surface area contributed by atoms with Crippen molar-refractivity contribution in [2.75, 3.05) is 44.4 Å². The molecular formula is C22H26N2O3. The maximum Gasteiger partial charge on any atom is 0.260 e. The third-order valence-corrected chi connectivity index (χ3v) is 5.45. The molecule has 5 nitrogen and oxygen atoms in total. The lowest BCUT2D eigenvalue weighted by molar-refractivity contribution is -0.135. The van der Waals surface area contributed by atoms with E-state index in [9.17, 15) is 4.79 Å². The highest BCUT2D eigenvalue weighted by Gasteiger charge is 2.36. The van der Waals surface area contributed by atoms with E-state index in [-0.39, 0.29) is 12.5 Å². The second kappa shape index (κ2) is 8.44. The average Bonchev–Trinajstić information content (AvgIpc) is 2.95. The Morgan fingerprint density at radius 2 is 1.78 bits per heavy atom. The number of ether oxygens (including phenoxy) is 2. The van der Waals surface area contributed by atoms with Gasteiger partial charge in [-0.25, -0.2) is 0 Å². The molecule has 2 aliphatic rings. The number of amides is 1. The molecule has 4 rings (SSSR count). The van der Waals surface area contributed by atoms with Crippen molar-refractivity contribution in [3.05, 3.63) is 60.7 Å². The van der Waals surface area contributed by atoms with Crippen LogP contribution in [0, 0.1) is 5.92 Å². The lowest BCUT2D eigenvalue weighted by Gasteiger charge is -2.43. The Hall–Kier alpha value is -2.53. The minimum atomic E-state index is 0.0489. The van der Waals surface area contributed by atoms with Crippen molar-refractivity contribution in [3.63, 3.8) is 0 Å². The van der Waals surface area contributed by atoms with Crippen LogP contribution in [0.3, 0.4) is 0 Å². The van der Waals surface area contributed by atoms with Crippen LogP contribution in [0.25, 0.3) is 0 Å². The van der Waals surface area contributed by atoms with Crippen molar-refractivity contribution in [2.24, 2.45) is 5.92 Å². The first-order valence-corrected chi connectivity index (χ1v) is 9.66. The van der Waals surface area contributed by atoms with Crippen LogP contribution in [-0.4, -0.2) is 56.3 Å². The highest BCUT2D eigenvalue weighted by Crippen LogP contribution is 2.29. The monoisotopic (exact) mass is 366 g/mol. The predicted molar refractivity (Wildman–Crippen MR) is 105 cm³/mol. The summed E-state index contributed by atoms with van der Waals surface area (Å²) in [5, 5.41) is 0. The predicted octanol–water partition coefficient (Wildman–Crippen LogP) is 2.82. The maximum absolute atomic E-state index is 12.6. The summed E-state index contributed by atoms with van der Waals surface area (Å²) >= 11 is 0. The second-order valence-electron chi connectivity index (χ2n) is 7.16. The molecule has 2 saturated heterocycles. The third kappa shape index (κ3) is 4.25. The zero-order chi connectivity index (χ0) is 18.5. The molecule has 1 amide bonds. The molecule has 2 aromatic rings. The number of nitrogens with zero attached hydrogens (tertiary/aromatic N) is 2. The van der Waals surface area contributed by atoms with E-state index < -0.39 is 0 Å². The number of likely N-dealkylation sites (tertiary alicyclic amines) is 1. The molecule has 0 bridgehead atoms. The molecule has 2 heterocycles. The zero-order valence-corrected chi connectivity index (χ0v) is 15.5. The number of hydrogen-bond donors (Lipinski definition) is 0. The number of fused-ring (bicyclic) bond motifs is 1. The van der Waals surface area contributed by atoms with E-state index in [2.05, 4.69) is 29.2 Å². The summed E-state index contributed by atoms with van der Waals surface area (Å²) in [5.74, 6) is 1.10. The highest BCUT2D eigenvalue weighted by atomic mass is 16.5. The molecule has 2 aliphatic heterocycles. The van der Waals surface area contributed by atoms with Gasteiger partial charge in [0.05, 0.1) is 13.2 Å². The quantitative estimate of drug-likeness (QED) is 0.835. The number of hydrogen-bond acceptors (Lipinski definition) is 4. The topological polar surface area (TPSA) is 42.0 Å². The molecule has 2 aromatic carbocycles. The smallest absolute Gasteiger partial charge is 0.260 e. The Labute approximate surface area is 160 Å². The molecule has 5 heteroatoms. The highest BCUT2D eigenvalue weighted by molar-refractivity contribution is 5.78. The van der Waals surface area contributed by atoms with Crippen molar-refractivity contribution >= 4 is 11.6 Å². The number of benzene rings is 2. The van der Waals surface area contributed by atoms with Crippen molar-refractivity contribution in [1.29, 1.82) is 0 Å². The minimum absolute atomic E-state index is 0.0489. The van der Waals surface area contributed by atoms with Crippen LogP contribution in [-0.2, 0) is 9.53 Å². The van der Waals surface area contributed by atoms with Gasteiger partial charge in [-0.1, -0.05) is 36.4 Å². The van der Waals surface area contributed by atoms with Crippen molar-refractivity contribution in [3.8, 4) is 5.75 Å². The van der Waals surface area contributed by atoms with E-state index in [0.29, 0.717) is 18.6 Å². The Morgan fingerprint density at radius 3 is 2.56 bits per heavy atom. The molecule has 27 heavy (non-hydrogen) atoms. The lowest BCUT2D eigenvalue weighted by atomic mass is 9.91. The van der Waals surface area contributed by atoms with E-state index in [1.807, 2.05) is 41.3 Å². The van der Waals surface area contributed by atoms with Gasteiger partial charge in [0.1, 0.15) is 5.75 Å². The number of carbonyl (C=O) groups excluding carboxylic acids is 1. The van der Waals surface area contributed by atoms with Gasteiger partial charge < -0.3 is 19.3 Å². The zero-order valence-electron chi connectivity index (χ0n) is 15.5. The molecular weight excluding hydrogens is 340 g/mol. The summed E-state index contributed by atoms with van der Waals surface area (Å²) in [6, 6.07) is 20.4. The molecule has 0 aliphatic carbocycles. The number of piperidine rings is 1. The summed E-state index contributed by atoms with van der Waals surface area (Å²) in [4.78, 5) is 17.0. The van der Waals surface area contributed by atoms with Gasteiger partial charge in [0.2, 0.25) is 0 Å². The molecule has 142 valence electrons. The number of para-hydroxylation sites is 2. The van der Waals surface area contributed by atoms with Crippen molar-refractivity contribution in [2.45, 2.75) is 12.5 Å². The van der Waals surface area contributed by atoms with Crippen molar-refractivity contribution in [1.82, 2.24) is 4.90 Å². The first kappa shape index (κ1) is 17.9. The fraction of sp³-hybridized carbons (Fsp3) is 0.409. The average molecular weight is 366 g/mol. The van der Waals surface area contributed by atoms with E-state index in [1.165, 1.54) is 5.69 Å². The Morgan fingerprint density at radius 1 is 1.04 bits per heavy atom. The second-order valence-corrected chi connectivity index (χ2v) is 7.16. The van der Waals surface area contributed by atoms with E-state index in [1.54, 1.807) is 0 Å². The SMILES string of the molecule is O=C(COc1ccccc1)N1CC[C@H]2[C@@H](COCCN2c2ccccc2)C1. The Balaban J connectivity index is 1.39. The summed E-state index contributed by atoms with van der Waals surface area (Å²) in [6.07, 6.45) is 0.958. The van der Waals surface area contributed by atoms with Crippen LogP contribution in [0.5, 0.6) is 5.75 Å². The first-order chi connectivity index (χ1) is 13.3. The Kier molecular flexibility index (Phi) is 5.58. The third-order valence-electron chi connectivity index (χ3n) is 5.45. The lowest BCUT2D eigenvalue weighted by Crippen LogP contribution is -2.53. The van der Waals surface area contributed by atoms with Gasteiger partial charge in [-0.2, -0.15) is 0 Å².